The van der Waals surface area contributed by atoms with Crippen LogP contribution in [0.25, 0.3) is 0 Å². The molecule has 2 fully saturated rings. The molecule has 0 radical (unpaired) electrons. The summed E-state index contributed by atoms with van der Waals surface area (Å²) in [7, 11) is 0. The monoisotopic (exact) mass is 314 g/mol. The number of rotatable bonds is 3. The fourth-order valence-electron chi connectivity index (χ4n) is 3.61. The predicted octanol–water partition coefficient (Wildman–Crippen LogP) is 2.48. The summed E-state index contributed by atoms with van der Waals surface area (Å²) >= 11 is 0. The minimum absolute atomic E-state index is 0.00547. The van der Waals surface area contributed by atoms with E-state index >= 15 is 0 Å². The fraction of sp³-hybridized carbons (Fsp3) is 0.579. The number of carbonyl (C=O) groups is 2. The minimum Gasteiger partial charge on any atom is -0.337 e. The van der Waals surface area contributed by atoms with Gasteiger partial charge in [0.25, 0.3) is 0 Å². The molecule has 2 heterocycles. The van der Waals surface area contributed by atoms with Crippen molar-refractivity contribution in [1.29, 1.82) is 0 Å². The zero-order chi connectivity index (χ0) is 16.2. The van der Waals surface area contributed by atoms with Crippen LogP contribution in [0.2, 0.25) is 0 Å². The first-order chi connectivity index (χ1) is 11.1. The summed E-state index contributed by atoms with van der Waals surface area (Å²) in [6.45, 7) is 5.26. The van der Waals surface area contributed by atoms with Gasteiger partial charge in [0, 0.05) is 19.5 Å². The number of carbonyl (C=O) groups excluding carboxylic acids is 2. The van der Waals surface area contributed by atoms with E-state index in [4.69, 9.17) is 0 Å². The molecule has 0 saturated carbocycles. The molecule has 0 N–H and O–H groups in total. The number of nitrogens with zero attached hydrogens (tertiary/aromatic N) is 2. The number of likely N-dealkylation sites (tertiary alicyclic amines) is 2. The van der Waals surface area contributed by atoms with Gasteiger partial charge in [-0.05, 0) is 43.8 Å². The van der Waals surface area contributed by atoms with Crippen LogP contribution in [0.1, 0.15) is 38.2 Å². The van der Waals surface area contributed by atoms with E-state index in [2.05, 4.69) is 11.8 Å². The van der Waals surface area contributed by atoms with Crippen molar-refractivity contribution in [1.82, 2.24) is 9.80 Å². The zero-order valence-corrected chi connectivity index (χ0v) is 13.9. The van der Waals surface area contributed by atoms with Gasteiger partial charge < -0.3 is 4.90 Å². The van der Waals surface area contributed by atoms with Gasteiger partial charge in [0.1, 0.15) is 6.04 Å². The van der Waals surface area contributed by atoms with Crippen LogP contribution in [0, 0.1) is 5.92 Å². The Balaban J connectivity index is 1.75. The second-order valence-electron chi connectivity index (χ2n) is 6.94. The third-order valence-electron chi connectivity index (χ3n) is 5.10. The summed E-state index contributed by atoms with van der Waals surface area (Å²) in [6, 6.07) is 9.50. The molecule has 1 aromatic rings. The summed E-state index contributed by atoms with van der Waals surface area (Å²) in [4.78, 5) is 29.5. The van der Waals surface area contributed by atoms with Crippen LogP contribution in [0.3, 0.4) is 0 Å². The van der Waals surface area contributed by atoms with Crippen LogP contribution < -0.4 is 0 Å². The Morgan fingerprint density at radius 3 is 2.43 bits per heavy atom. The van der Waals surface area contributed by atoms with Crippen molar-refractivity contribution >= 4 is 11.7 Å². The normalized spacial score (nSPS) is 24.7. The van der Waals surface area contributed by atoms with E-state index in [1.54, 1.807) is 0 Å². The molecule has 2 aliphatic heterocycles. The lowest BCUT2D eigenvalue weighted by molar-refractivity contribution is -0.142. The maximum absolute atomic E-state index is 13.0. The molecule has 2 aliphatic rings. The molecule has 0 spiro atoms. The number of benzene rings is 1. The van der Waals surface area contributed by atoms with Gasteiger partial charge in [-0.15, -0.1) is 0 Å². The van der Waals surface area contributed by atoms with Crippen LogP contribution >= 0.6 is 0 Å². The van der Waals surface area contributed by atoms with E-state index in [-0.39, 0.29) is 11.7 Å². The molecule has 124 valence electrons. The SMILES string of the molecule is CC1CCN(C2C(=O)CCCN(Cc3ccccc3)C2=O)CC1. The lowest BCUT2D eigenvalue weighted by Crippen LogP contribution is -2.53. The van der Waals surface area contributed by atoms with Crippen LogP contribution in [0.5, 0.6) is 0 Å². The first-order valence-electron chi connectivity index (χ1n) is 8.74. The van der Waals surface area contributed by atoms with Crippen LogP contribution in [0.15, 0.2) is 30.3 Å². The second-order valence-corrected chi connectivity index (χ2v) is 6.94. The smallest absolute Gasteiger partial charge is 0.247 e. The average molecular weight is 314 g/mol. The Labute approximate surface area is 138 Å². The number of hydrogen-bond acceptors (Lipinski definition) is 3. The second kappa shape index (κ2) is 7.26. The highest BCUT2D eigenvalue weighted by Crippen LogP contribution is 2.23. The Bertz CT molecular complexity index is 550. The van der Waals surface area contributed by atoms with Crippen molar-refractivity contribution in [3.05, 3.63) is 35.9 Å². The van der Waals surface area contributed by atoms with Crippen molar-refractivity contribution < 1.29 is 9.59 Å². The minimum atomic E-state index is -0.547. The van der Waals surface area contributed by atoms with Crippen molar-refractivity contribution in [2.24, 2.45) is 5.92 Å². The standard InChI is InChI=1S/C19H26N2O2/c1-15-9-12-20(13-10-15)18-17(22)8-5-11-21(19(18)23)14-16-6-3-2-4-7-16/h2-4,6-7,15,18H,5,8-14H2,1H3. The molecule has 1 unspecified atom stereocenters. The van der Waals surface area contributed by atoms with Gasteiger partial charge >= 0.3 is 0 Å². The Kier molecular flexibility index (Phi) is 5.11. The molecule has 1 atom stereocenters. The zero-order valence-electron chi connectivity index (χ0n) is 13.9. The van der Waals surface area contributed by atoms with Crippen molar-refractivity contribution in [2.75, 3.05) is 19.6 Å². The van der Waals surface area contributed by atoms with E-state index in [0.717, 1.165) is 37.9 Å². The van der Waals surface area contributed by atoms with Crippen molar-refractivity contribution in [3.63, 3.8) is 0 Å². The first-order valence-corrected chi connectivity index (χ1v) is 8.74. The van der Waals surface area contributed by atoms with Gasteiger partial charge in [0.15, 0.2) is 5.78 Å². The topological polar surface area (TPSA) is 40.6 Å². The molecule has 0 aromatic heterocycles. The van der Waals surface area contributed by atoms with Gasteiger partial charge in [0.05, 0.1) is 0 Å². The highest BCUT2D eigenvalue weighted by Gasteiger charge is 2.38. The number of Topliss-reactive ketones (excluding diaryl/α,β-unsaturated/α-hetero) is 1. The number of hydrogen-bond donors (Lipinski definition) is 0. The predicted molar refractivity (Wildman–Crippen MR) is 89.9 cm³/mol. The highest BCUT2D eigenvalue weighted by atomic mass is 16.2. The molecule has 2 saturated heterocycles. The Morgan fingerprint density at radius 1 is 1.04 bits per heavy atom. The van der Waals surface area contributed by atoms with E-state index in [1.165, 1.54) is 0 Å². The molecular weight excluding hydrogens is 288 g/mol. The molecule has 3 rings (SSSR count). The molecule has 4 nitrogen and oxygen atoms in total. The molecule has 1 amide bonds. The fourth-order valence-corrected chi connectivity index (χ4v) is 3.61. The van der Waals surface area contributed by atoms with E-state index in [1.807, 2.05) is 35.2 Å². The lowest BCUT2D eigenvalue weighted by atomic mass is 9.96. The molecule has 1 aromatic carbocycles. The largest absolute Gasteiger partial charge is 0.337 e. The van der Waals surface area contributed by atoms with Crippen molar-refractivity contribution in [3.8, 4) is 0 Å². The van der Waals surface area contributed by atoms with Gasteiger partial charge in [-0.2, -0.15) is 0 Å². The van der Waals surface area contributed by atoms with Gasteiger partial charge in [0.2, 0.25) is 5.91 Å². The molecule has 0 aliphatic carbocycles. The van der Waals surface area contributed by atoms with E-state index < -0.39 is 6.04 Å². The molecular formula is C19H26N2O2. The van der Waals surface area contributed by atoms with E-state index in [9.17, 15) is 9.59 Å². The number of ketones is 1. The molecule has 23 heavy (non-hydrogen) atoms. The van der Waals surface area contributed by atoms with Crippen molar-refractivity contribution in [2.45, 2.75) is 45.2 Å². The average Bonchev–Trinajstić information content (AvgIpc) is 2.69. The highest BCUT2D eigenvalue weighted by molar-refractivity contribution is 6.06. The van der Waals surface area contributed by atoms with Gasteiger partial charge in [-0.3, -0.25) is 14.5 Å². The third kappa shape index (κ3) is 3.81. The summed E-state index contributed by atoms with van der Waals surface area (Å²) in [5.41, 5.74) is 1.13. The first kappa shape index (κ1) is 16.2. The molecule has 4 heteroatoms. The van der Waals surface area contributed by atoms with E-state index in [0.29, 0.717) is 25.4 Å². The maximum atomic E-state index is 13.0. The lowest BCUT2D eigenvalue weighted by Gasteiger charge is -2.36. The van der Waals surface area contributed by atoms with Crippen LogP contribution in [-0.2, 0) is 16.1 Å². The van der Waals surface area contributed by atoms with Crippen LogP contribution in [0.4, 0.5) is 0 Å². The van der Waals surface area contributed by atoms with Gasteiger partial charge in [-0.1, -0.05) is 37.3 Å². The quantitative estimate of drug-likeness (QED) is 0.805. The summed E-state index contributed by atoms with van der Waals surface area (Å²) in [5, 5.41) is 0. The summed E-state index contributed by atoms with van der Waals surface area (Å²) < 4.78 is 0. The number of piperidine rings is 1. The molecule has 0 bridgehead atoms. The summed E-state index contributed by atoms with van der Waals surface area (Å²) in [5.74, 6) is 0.814. The Morgan fingerprint density at radius 2 is 1.74 bits per heavy atom. The summed E-state index contributed by atoms with van der Waals surface area (Å²) in [6.07, 6.45) is 3.46. The third-order valence-corrected chi connectivity index (χ3v) is 5.10. The Hall–Kier alpha value is -1.68. The van der Waals surface area contributed by atoms with Crippen LogP contribution in [-0.4, -0.2) is 47.2 Å². The van der Waals surface area contributed by atoms with Gasteiger partial charge in [-0.25, -0.2) is 0 Å². The maximum Gasteiger partial charge on any atom is 0.247 e. The number of amides is 1.